The molecule has 1 amide bonds. The number of carbonyl (C=O) groups excluding carboxylic acids is 1. The molecule has 29 heavy (non-hydrogen) atoms. The van der Waals surface area contributed by atoms with Gasteiger partial charge in [0.25, 0.3) is 0 Å². The molecule has 1 aliphatic rings. The predicted octanol–water partition coefficient (Wildman–Crippen LogP) is 2.91. The van der Waals surface area contributed by atoms with Gasteiger partial charge in [-0.3, -0.25) is 9.10 Å². The third-order valence-corrected chi connectivity index (χ3v) is 5.76. The summed E-state index contributed by atoms with van der Waals surface area (Å²) in [6.45, 7) is 2.27. The summed E-state index contributed by atoms with van der Waals surface area (Å²) >= 11 is 6.00. The summed E-state index contributed by atoms with van der Waals surface area (Å²) in [7, 11) is -2.33. The molecule has 0 fully saturated rings. The van der Waals surface area contributed by atoms with E-state index in [-0.39, 0.29) is 5.69 Å². The van der Waals surface area contributed by atoms with Crippen LogP contribution in [0, 0.1) is 0 Å². The highest BCUT2D eigenvalue weighted by Gasteiger charge is 2.30. The van der Waals surface area contributed by atoms with E-state index < -0.39 is 22.0 Å². The molecule has 1 N–H and O–H groups in total. The number of anilines is 2. The van der Waals surface area contributed by atoms with E-state index in [1.165, 1.54) is 20.1 Å². The Morgan fingerprint density at radius 1 is 1.17 bits per heavy atom. The molecule has 0 bridgehead atoms. The minimum Gasteiger partial charge on any atom is -0.495 e. The molecule has 0 radical (unpaired) electrons. The molecular formula is C19H21ClN2O6S. The molecule has 0 saturated heterocycles. The number of sulfonamides is 1. The average molecular weight is 441 g/mol. The number of amides is 1. The van der Waals surface area contributed by atoms with Crippen LogP contribution in [-0.2, 0) is 14.8 Å². The predicted molar refractivity (Wildman–Crippen MR) is 111 cm³/mol. The number of nitrogens with zero attached hydrogens (tertiary/aromatic N) is 1. The first kappa shape index (κ1) is 21.1. The molecule has 1 atom stereocenters. The van der Waals surface area contributed by atoms with E-state index in [2.05, 4.69) is 5.32 Å². The topological polar surface area (TPSA) is 94.2 Å². The maximum absolute atomic E-state index is 12.9. The van der Waals surface area contributed by atoms with Gasteiger partial charge in [-0.05, 0) is 37.3 Å². The van der Waals surface area contributed by atoms with Gasteiger partial charge in [0.2, 0.25) is 15.9 Å². The molecule has 0 aromatic heterocycles. The number of halogens is 1. The number of hydrogen-bond donors (Lipinski definition) is 1. The van der Waals surface area contributed by atoms with Crippen LogP contribution in [0.2, 0.25) is 5.02 Å². The van der Waals surface area contributed by atoms with Crippen LogP contribution in [0.15, 0.2) is 36.4 Å². The molecule has 2 aromatic carbocycles. The summed E-state index contributed by atoms with van der Waals surface area (Å²) in [4.78, 5) is 12.9. The van der Waals surface area contributed by atoms with E-state index in [9.17, 15) is 13.2 Å². The molecule has 0 spiro atoms. The molecule has 0 unspecified atom stereocenters. The fourth-order valence-electron chi connectivity index (χ4n) is 2.99. The van der Waals surface area contributed by atoms with Gasteiger partial charge < -0.3 is 19.5 Å². The standard InChI is InChI=1S/C19H21ClN2O6S/c1-12(19(23)21-15-10-13(20)4-6-16(15)26-2)22(29(3,24)25)14-5-7-17-18(11-14)28-9-8-27-17/h4-7,10-12H,8-9H2,1-3H3,(H,21,23)/t12-/m0/s1. The van der Waals surface area contributed by atoms with Crippen LogP contribution in [0.4, 0.5) is 11.4 Å². The minimum atomic E-state index is -3.79. The zero-order chi connectivity index (χ0) is 21.2. The van der Waals surface area contributed by atoms with Crippen LogP contribution >= 0.6 is 11.6 Å². The second kappa shape index (κ2) is 8.38. The van der Waals surface area contributed by atoms with Gasteiger partial charge in [-0.25, -0.2) is 8.42 Å². The number of nitrogens with one attached hydrogen (secondary N) is 1. The lowest BCUT2D eigenvalue weighted by molar-refractivity contribution is -0.116. The van der Waals surface area contributed by atoms with Crippen LogP contribution < -0.4 is 23.8 Å². The normalized spacial score (nSPS) is 14.1. The van der Waals surface area contributed by atoms with Crippen molar-refractivity contribution in [3.8, 4) is 17.2 Å². The summed E-state index contributed by atoms with van der Waals surface area (Å²) in [5, 5.41) is 3.08. The third kappa shape index (κ3) is 4.68. The molecule has 0 aliphatic carbocycles. The first-order chi connectivity index (χ1) is 13.7. The zero-order valence-electron chi connectivity index (χ0n) is 16.1. The highest BCUT2D eigenvalue weighted by atomic mass is 35.5. The zero-order valence-corrected chi connectivity index (χ0v) is 17.7. The maximum Gasteiger partial charge on any atom is 0.248 e. The second-order valence-electron chi connectivity index (χ2n) is 6.40. The van der Waals surface area contributed by atoms with Gasteiger partial charge in [0, 0.05) is 11.1 Å². The average Bonchev–Trinajstić information content (AvgIpc) is 2.67. The van der Waals surface area contributed by atoms with Crippen molar-refractivity contribution in [3.05, 3.63) is 41.4 Å². The summed E-state index contributed by atoms with van der Waals surface area (Å²) in [5.41, 5.74) is 0.630. The van der Waals surface area contributed by atoms with Crippen molar-refractivity contribution in [3.63, 3.8) is 0 Å². The van der Waals surface area contributed by atoms with E-state index in [0.29, 0.717) is 41.2 Å². The van der Waals surface area contributed by atoms with Crippen LogP contribution in [0.25, 0.3) is 0 Å². The lowest BCUT2D eigenvalue weighted by atomic mass is 10.2. The van der Waals surface area contributed by atoms with Gasteiger partial charge in [0.1, 0.15) is 25.0 Å². The monoisotopic (exact) mass is 440 g/mol. The molecule has 156 valence electrons. The fraction of sp³-hybridized carbons (Fsp3) is 0.316. The first-order valence-electron chi connectivity index (χ1n) is 8.74. The summed E-state index contributed by atoms with van der Waals surface area (Å²) in [6.07, 6.45) is 1.04. The largest absolute Gasteiger partial charge is 0.495 e. The van der Waals surface area contributed by atoms with Gasteiger partial charge in [-0.2, -0.15) is 0 Å². The number of rotatable bonds is 6. The van der Waals surface area contributed by atoms with Gasteiger partial charge >= 0.3 is 0 Å². The van der Waals surface area contributed by atoms with Gasteiger partial charge in [-0.1, -0.05) is 11.6 Å². The molecule has 3 rings (SSSR count). The molecule has 0 saturated carbocycles. The maximum atomic E-state index is 12.9. The summed E-state index contributed by atoms with van der Waals surface area (Å²) < 4.78 is 42.2. The van der Waals surface area contributed by atoms with Crippen LogP contribution in [-0.4, -0.2) is 46.9 Å². The Morgan fingerprint density at radius 2 is 1.86 bits per heavy atom. The van der Waals surface area contributed by atoms with E-state index in [1.807, 2.05) is 0 Å². The molecule has 2 aromatic rings. The lowest BCUT2D eigenvalue weighted by Crippen LogP contribution is -2.45. The Morgan fingerprint density at radius 3 is 2.52 bits per heavy atom. The Hall–Kier alpha value is -2.65. The van der Waals surface area contributed by atoms with Crippen molar-refractivity contribution in [2.75, 3.05) is 36.2 Å². The van der Waals surface area contributed by atoms with Crippen molar-refractivity contribution in [1.82, 2.24) is 0 Å². The number of carbonyl (C=O) groups is 1. The molecule has 1 heterocycles. The molecular weight excluding hydrogens is 420 g/mol. The summed E-state index contributed by atoms with van der Waals surface area (Å²) in [6, 6.07) is 8.43. The molecule has 1 aliphatic heterocycles. The van der Waals surface area contributed by atoms with Crippen molar-refractivity contribution in [2.24, 2.45) is 0 Å². The van der Waals surface area contributed by atoms with Crippen LogP contribution in [0.1, 0.15) is 6.92 Å². The molecule has 8 nitrogen and oxygen atoms in total. The van der Waals surface area contributed by atoms with E-state index in [0.717, 1.165) is 10.6 Å². The number of methoxy groups -OCH3 is 1. The van der Waals surface area contributed by atoms with Crippen LogP contribution in [0.5, 0.6) is 17.2 Å². The number of fused-ring (bicyclic) bond motifs is 1. The Kier molecular flexibility index (Phi) is 6.09. The minimum absolute atomic E-state index is 0.289. The Bertz CT molecular complexity index is 1030. The van der Waals surface area contributed by atoms with Crippen LogP contribution in [0.3, 0.4) is 0 Å². The van der Waals surface area contributed by atoms with Gasteiger partial charge in [0.05, 0.1) is 24.7 Å². The van der Waals surface area contributed by atoms with E-state index in [4.69, 9.17) is 25.8 Å². The van der Waals surface area contributed by atoms with Crippen molar-refractivity contribution < 1.29 is 27.4 Å². The number of benzene rings is 2. The Labute approximate surface area is 174 Å². The highest BCUT2D eigenvalue weighted by molar-refractivity contribution is 7.92. The highest BCUT2D eigenvalue weighted by Crippen LogP contribution is 2.35. The van der Waals surface area contributed by atoms with Gasteiger partial charge in [-0.15, -0.1) is 0 Å². The quantitative estimate of drug-likeness (QED) is 0.742. The number of ether oxygens (including phenoxy) is 3. The lowest BCUT2D eigenvalue weighted by Gasteiger charge is -2.29. The summed E-state index contributed by atoms with van der Waals surface area (Å²) in [5.74, 6) is 0.798. The smallest absolute Gasteiger partial charge is 0.248 e. The molecule has 10 heteroatoms. The fourth-order valence-corrected chi connectivity index (χ4v) is 4.33. The van der Waals surface area contributed by atoms with Crippen molar-refractivity contribution in [1.29, 1.82) is 0 Å². The Balaban J connectivity index is 1.91. The number of hydrogen-bond acceptors (Lipinski definition) is 6. The first-order valence-corrected chi connectivity index (χ1v) is 11.0. The van der Waals surface area contributed by atoms with E-state index in [1.54, 1.807) is 30.3 Å². The third-order valence-electron chi connectivity index (χ3n) is 4.29. The SMILES string of the molecule is COc1ccc(Cl)cc1NC(=O)[C@H](C)N(c1ccc2c(c1)OCCO2)S(C)(=O)=O. The van der Waals surface area contributed by atoms with Crippen molar-refractivity contribution >= 4 is 38.9 Å². The van der Waals surface area contributed by atoms with Crippen molar-refractivity contribution in [2.45, 2.75) is 13.0 Å². The second-order valence-corrected chi connectivity index (χ2v) is 8.69. The van der Waals surface area contributed by atoms with E-state index >= 15 is 0 Å². The van der Waals surface area contributed by atoms with Gasteiger partial charge in [0.15, 0.2) is 11.5 Å².